The van der Waals surface area contributed by atoms with Gasteiger partial charge in [-0.05, 0) is 45.7 Å². The van der Waals surface area contributed by atoms with E-state index in [1.54, 1.807) is 30.2 Å². The van der Waals surface area contributed by atoms with E-state index in [-0.39, 0.29) is 11.7 Å². The number of likely N-dealkylation sites (tertiary alicyclic amines) is 1. The van der Waals surface area contributed by atoms with E-state index in [0.717, 1.165) is 38.8 Å². The number of ether oxygens (including phenoxy) is 2. The predicted octanol–water partition coefficient (Wildman–Crippen LogP) is 4.63. The predicted molar refractivity (Wildman–Crippen MR) is 98.2 cm³/mol. The fraction of sp³-hybridized carbons (Fsp3) is 0.588. The smallest absolute Gasteiger partial charge is 0.410 e. The molecule has 0 aliphatic carbocycles. The molecule has 7 heteroatoms. The minimum atomic E-state index is -0.361. The van der Waals surface area contributed by atoms with Gasteiger partial charge in [0, 0.05) is 26.3 Å². The van der Waals surface area contributed by atoms with Gasteiger partial charge in [-0.3, -0.25) is 0 Å². The first-order chi connectivity index (χ1) is 11.2. The largest absolute Gasteiger partial charge is 0.497 e. The van der Waals surface area contributed by atoms with Crippen LogP contribution in [0.25, 0.3) is 0 Å². The van der Waals surface area contributed by atoms with Gasteiger partial charge in [0.05, 0.1) is 17.2 Å². The number of nitrogens with zero attached hydrogens (tertiary/aromatic N) is 1. The number of aliphatic hydroxyl groups excluding tert-OH is 1. The number of halogens is 2. The minimum absolute atomic E-state index is 0.167. The van der Waals surface area contributed by atoms with E-state index in [9.17, 15) is 4.79 Å². The summed E-state index contributed by atoms with van der Waals surface area (Å²) in [5.41, 5.74) is -0.361. The number of carbonyl (C=O) groups excluding carboxylic acids is 1. The first-order valence-electron chi connectivity index (χ1n) is 7.64. The van der Waals surface area contributed by atoms with Crippen LogP contribution in [0.5, 0.6) is 5.75 Å². The van der Waals surface area contributed by atoms with E-state index in [0.29, 0.717) is 10.0 Å². The molecule has 1 heterocycles. The molecule has 5 nitrogen and oxygen atoms in total. The molecule has 24 heavy (non-hydrogen) atoms. The molecule has 1 aliphatic heterocycles. The minimum Gasteiger partial charge on any atom is -0.497 e. The summed E-state index contributed by atoms with van der Waals surface area (Å²) < 4.78 is 10.1. The third-order valence-corrected chi connectivity index (χ3v) is 3.62. The highest BCUT2D eigenvalue weighted by Crippen LogP contribution is 2.25. The van der Waals surface area contributed by atoms with Crippen molar-refractivity contribution in [1.82, 2.24) is 4.90 Å². The molecule has 0 atom stereocenters. The average molecular weight is 380 g/mol. The molecule has 138 valence electrons. The Morgan fingerprint density at radius 2 is 1.67 bits per heavy atom. The summed E-state index contributed by atoms with van der Waals surface area (Å²) in [7, 11) is 2.58. The standard InChI is InChI=1S/C9H17NO2.C7H6Cl2O.CH4O/c1-9(2,3)12-8(11)10-6-4-5-7-10;1-10-5-2-3-6(8)7(9)4-5;1-2/h4-7H2,1-3H3;2-4H,1H3;2H,1H3. The summed E-state index contributed by atoms with van der Waals surface area (Å²) in [4.78, 5) is 13.1. The maximum absolute atomic E-state index is 11.4. The molecule has 1 saturated heterocycles. The number of rotatable bonds is 1. The monoisotopic (exact) mass is 379 g/mol. The van der Waals surface area contributed by atoms with Crippen molar-refractivity contribution in [3.63, 3.8) is 0 Å². The Labute approximate surface area is 154 Å². The van der Waals surface area contributed by atoms with Gasteiger partial charge in [0.15, 0.2) is 0 Å². The van der Waals surface area contributed by atoms with Crippen LogP contribution in [0.2, 0.25) is 10.0 Å². The maximum atomic E-state index is 11.4. The van der Waals surface area contributed by atoms with E-state index >= 15 is 0 Å². The van der Waals surface area contributed by atoms with E-state index < -0.39 is 0 Å². The van der Waals surface area contributed by atoms with E-state index in [1.807, 2.05) is 20.8 Å². The van der Waals surface area contributed by atoms with Gasteiger partial charge >= 0.3 is 6.09 Å². The highest BCUT2D eigenvalue weighted by Gasteiger charge is 2.23. The van der Waals surface area contributed by atoms with Crippen molar-refractivity contribution in [3.8, 4) is 5.75 Å². The Hall–Kier alpha value is -1.17. The van der Waals surface area contributed by atoms with Gasteiger partial charge in [-0.2, -0.15) is 0 Å². The molecule has 0 spiro atoms. The summed E-state index contributed by atoms with van der Waals surface area (Å²) in [6.07, 6.45) is 2.05. The van der Waals surface area contributed by atoms with E-state index in [4.69, 9.17) is 37.8 Å². The molecule has 0 saturated carbocycles. The zero-order chi connectivity index (χ0) is 18.8. The zero-order valence-electron chi connectivity index (χ0n) is 14.9. The second-order valence-corrected chi connectivity index (χ2v) is 6.77. The molecule has 2 rings (SSSR count). The number of amides is 1. The van der Waals surface area contributed by atoms with Crippen molar-refractivity contribution in [3.05, 3.63) is 28.2 Å². The summed E-state index contributed by atoms with van der Waals surface area (Å²) >= 11 is 11.3. The van der Waals surface area contributed by atoms with Crippen LogP contribution in [0.3, 0.4) is 0 Å². The van der Waals surface area contributed by atoms with Gasteiger partial charge in [0.2, 0.25) is 0 Å². The molecule has 0 unspecified atom stereocenters. The number of carbonyl (C=O) groups is 1. The normalized spacial score (nSPS) is 13.2. The second-order valence-electron chi connectivity index (χ2n) is 5.95. The lowest BCUT2D eigenvalue weighted by atomic mass is 10.2. The fourth-order valence-corrected chi connectivity index (χ4v) is 2.12. The van der Waals surface area contributed by atoms with Crippen molar-refractivity contribution < 1.29 is 19.4 Å². The number of hydrogen-bond donors (Lipinski definition) is 1. The second kappa shape index (κ2) is 11.4. The maximum Gasteiger partial charge on any atom is 0.410 e. The molecular weight excluding hydrogens is 353 g/mol. The van der Waals surface area contributed by atoms with Crippen molar-refractivity contribution in [2.75, 3.05) is 27.3 Å². The van der Waals surface area contributed by atoms with Gasteiger partial charge in [0.1, 0.15) is 11.4 Å². The van der Waals surface area contributed by atoms with Crippen LogP contribution >= 0.6 is 23.2 Å². The number of aliphatic hydroxyl groups is 1. The Morgan fingerprint density at radius 1 is 1.12 bits per heavy atom. The van der Waals surface area contributed by atoms with E-state index in [2.05, 4.69) is 0 Å². The van der Waals surface area contributed by atoms with Crippen molar-refractivity contribution >= 4 is 29.3 Å². The first kappa shape index (κ1) is 22.8. The van der Waals surface area contributed by atoms with Gasteiger partial charge in [-0.15, -0.1) is 0 Å². The lowest BCUT2D eigenvalue weighted by Gasteiger charge is -2.23. The van der Waals surface area contributed by atoms with E-state index in [1.165, 1.54) is 0 Å². The van der Waals surface area contributed by atoms with Gasteiger partial charge < -0.3 is 19.5 Å². The molecule has 1 amide bonds. The number of hydrogen-bond acceptors (Lipinski definition) is 4. The highest BCUT2D eigenvalue weighted by molar-refractivity contribution is 6.42. The van der Waals surface area contributed by atoms with Crippen LogP contribution in [0, 0.1) is 0 Å². The van der Waals surface area contributed by atoms with Crippen LogP contribution in [0.4, 0.5) is 4.79 Å². The topological polar surface area (TPSA) is 59.0 Å². The van der Waals surface area contributed by atoms with Crippen molar-refractivity contribution in [2.45, 2.75) is 39.2 Å². The number of methoxy groups -OCH3 is 1. The Balaban J connectivity index is 0.000000405. The van der Waals surface area contributed by atoms with Crippen LogP contribution in [-0.4, -0.2) is 49.0 Å². The molecule has 0 aromatic heterocycles. The molecule has 0 bridgehead atoms. The molecule has 1 aromatic rings. The van der Waals surface area contributed by atoms with Crippen molar-refractivity contribution in [1.29, 1.82) is 0 Å². The third-order valence-electron chi connectivity index (χ3n) is 2.88. The van der Waals surface area contributed by atoms with Crippen molar-refractivity contribution in [2.24, 2.45) is 0 Å². The van der Waals surface area contributed by atoms with Crippen LogP contribution < -0.4 is 4.74 Å². The number of benzene rings is 1. The molecule has 1 aliphatic rings. The van der Waals surface area contributed by atoms with Gasteiger partial charge in [0.25, 0.3) is 0 Å². The Kier molecular flexibility index (Phi) is 10.8. The van der Waals surface area contributed by atoms with Gasteiger partial charge in [-0.1, -0.05) is 23.2 Å². The lowest BCUT2D eigenvalue weighted by molar-refractivity contribution is 0.0295. The Bertz CT molecular complexity index is 498. The van der Waals surface area contributed by atoms with Gasteiger partial charge in [-0.25, -0.2) is 4.79 Å². The summed E-state index contributed by atoms with van der Waals surface area (Å²) in [5, 5.41) is 8.06. The first-order valence-corrected chi connectivity index (χ1v) is 8.40. The fourth-order valence-electron chi connectivity index (χ4n) is 1.83. The molecule has 0 radical (unpaired) electrons. The molecular formula is C17H27Cl2NO4. The molecule has 1 N–H and O–H groups in total. The zero-order valence-corrected chi connectivity index (χ0v) is 16.4. The molecule has 1 aromatic carbocycles. The molecule has 1 fully saturated rings. The Morgan fingerprint density at radius 3 is 2.08 bits per heavy atom. The van der Waals surface area contributed by atoms with Crippen LogP contribution in [0.1, 0.15) is 33.6 Å². The van der Waals surface area contributed by atoms with Crippen LogP contribution in [-0.2, 0) is 4.74 Å². The average Bonchev–Trinajstić information content (AvgIpc) is 3.06. The summed E-state index contributed by atoms with van der Waals surface area (Å²) in [6, 6.07) is 5.13. The summed E-state index contributed by atoms with van der Waals surface area (Å²) in [5.74, 6) is 0.717. The summed E-state index contributed by atoms with van der Waals surface area (Å²) in [6.45, 7) is 7.38. The third kappa shape index (κ3) is 9.21. The lowest BCUT2D eigenvalue weighted by Crippen LogP contribution is -2.34. The van der Waals surface area contributed by atoms with Crippen LogP contribution in [0.15, 0.2) is 18.2 Å². The quantitative estimate of drug-likeness (QED) is 0.772. The SMILES string of the molecule is CC(C)(C)OC(=O)N1CCCC1.CO.COc1ccc(Cl)c(Cl)c1. The highest BCUT2D eigenvalue weighted by atomic mass is 35.5.